The van der Waals surface area contributed by atoms with E-state index in [1.54, 1.807) is 16.6 Å². The fraction of sp³-hybridized carbons (Fsp3) is 0.182. The van der Waals surface area contributed by atoms with Gasteiger partial charge in [0, 0.05) is 0 Å². The maximum atomic E-state index is 2.36. The number of benzene rings is 3. The second-order valence-corrected chi connectivity index (χ2v) is 6.82. The first-order valence-corrected chi connectivity index (χ1v) is 8.68. The van der Waals surface area contributed by atoms with Crippen LogP contribution in [0.2, 0.25) is 0 Å². The summed E-state index contributed by atoms with van der Waals surface area (Å²) in [4.78, 5) is 0. The molecule has 0 fully saturated rings. The molecule has 2 aliphatic rings. The van der Waals surface area contributed by atoms with Gasteiger partial charge in [0.1, 0.15) is 0 Å². The average Bonchev–Trinajstić information content (AvgIpc) is 2.88. The summed E-state index contributed by atoms with van der Waals surface area (Å²) in [6, 6.07) is 25.1. The third kappa shape index (κ3) is 2.00. The first-order valence-electron chi connectivity index (χ1n) is 8.68. The van der Waals surface area contributed by atoms with Gasteiger partial charge in [0.25, 0.3) is 0 Å². The smallest absolute Gasteiger partial charge is 0.0667 e. The van der Waals surface area contributed by atoms with Crippen LogP contribution in [0.25, 0.3) is 0 Å². The zero-order chi connectivity index (χ0) is 15.2. The molecular weight excluding hydrogens is 275 g/mol. The molecule has 2 heterocycles. The molecule has 0 atom stereocenters. The van der Waals surface area contributed by atoms with Crippen molar-refractivity contribution in [3.63, 3.8) is 0 Å². The summed E-state index contributed by atoms with van der Waals surface area (Å²) in [7, 11) is 0. The first-order chi connectivity index (χ1) is 11.4. The van der Waals surface area contributed by atoms with Crippen LogP contribution in [0, 0.1) is 0 Å². The third-order valence-electron chi connectivity index (χ3n) is 5.63. The first kappa shape index (κ1) is 13.2. The van der Waals surface area contributed by atoms with Gasteiger partial charge in [0.05, 0.1) is 0 Å². The Morgan fingerprint density at radius 2 is 0.913 bits per heavy atom. The molecule has 3 aromatic carbocycles. The molecule has 0 aromatic heterocycles. The summed E-state index contributed by atoms with van der Waals surface area (Å²) in [5.41, 5.74) is 10.8. The summed E-state index contributed by atoms with van der Waals surface area (Å²) in [5, 5.41) is 0. The van der Waals surface area contributed by atoms with E-state index in [1.807, 2.05) is 0 Å². The summed E-state index contributed by atoms with van der Waals surface area (Å²) < 4.78 is 0. The molecule has 0 amide bonds. The molecule has 0 radical (unpaired) electrons. The molecule has 0 unspecified atom stereocenters. The van der Waals surface area contributed by atoms with Crippen molar-refractivity contribution >= 4 is 23.1 Å². The van der Waals surface area contributed by atoms with Gasteiger partial charge < -0.3 is 0 Å². The van der Waals surface area contributed by atoms with Crippen LogP contribution < -0.4 is 16.4 Å². The van der Waals surface area contributed by atoms with Gasteiger partial charge in [-0.15, -0.1) is 0 Å². The second kappa shape index (κ2) is 5.13. The van der Waals surface area contributed by atoms with E-state index in [4.69, 9.17) is 0 Å². The third-order valence-corrected chi connectivity index (χ3v) is 5.63. The van der Waals surface area contributed by atoms with Crippen LogP contribution in [0.3, 0.4) is 0 Å². The van der Waals surface area contributed by atoms with Gasteiger partial charge in [-0.25, -0.2) is 0 Å². The largest absolute Gasteiger partial charge is 0.242 e. The molecule has 23 heavy (non-hydrogen) atoms. The number of hydrogen-bond donors (Lipinski definition) is 0. The van der Waals surface area contributed by atoms with Gasteiger partial charge in [0.15, 0.2) is 0 Å². The average molecular weight is 294 g/mol. The molecule has 0 saturated heterocycles. The zero-order valence-electron chi connectivity index (χ0n) is 13.3. The van der Waals surface area contributed by atoms with E-state index in [2.05, 4.69) is 66.7 Å². The standard InChI is InChI=1S/C22H19B/c1-3-10-20-16(6-1)12-14-18-8-5-9-19-15-13-17-7-2-4-11-21(17)23(20)22(18)19/h1-11H,12-15H2. The maximum Gasteiger partial charge on any atom is 0.242 e. The molecule has 0 nitrogen and oxygen atoms in total. The predicted octanol–water partition coefficient (Wildman–Crippen LogP) is 2.40. The Balaban J connectivity index is 1.88. The van der Waals surface area contributed by atoms with Crippen molar-refractivity contribution in [2.75, 3.05) is 0 Å². The van der Waals surface area contributed by atoms with E-state index < -0.39 is 0 Å². The second-order valence-electron chi connectivity index (χ2n) is 6.82. The molecule has 5 rings (SSSR count). The van der Waals surface area contributed by atoms with Crippen molar-refractivity contribution in [1.82, 2.24) is 0 Å². The Bertz CT molecular complexity index is 824. The van der Waals surface area contributed by atoms with Crippen molar-refractivity contribution in [3.8, 4) is 0 Å². The van der Waals surface area contributed by atoms with Crippen LogP contribution >= 0.6 is 0 Å². The minimum absolute atomic E-state index is 0.415. The Labute approximate surface area is 138 Å². The summed E-state index contributed by atoms with van der Waals surface area (Å²) in [5.74, 6) is 0. The number of hydrogen-bond acceptors (Lipinski definition) is 0. The van der Waals surface area contributed by atoms with Gasteiger partial charge >= 0.3 is 0 Å². The number of aryl methyl sites for hydroxylation is 4. The lowest BCUT2D eigenvalue weighted by Gasteiger charge is -2.20. The topological polar surface area (TPSA) is 0 Å². The molecule has 110 valence electrons. The molecule has 1 heteroatoms. The minimum Gasteiger partial charge on any atom is -0.0667 e. The van der Waals surface area contributed by atoms with Crippen molar-refractivity contribution in [1.29, 1.82) is 0 Å². The van der Waals surface area contributed by atoms with Gasteiger partial charge in [-0.2, -0.15) is 0 Å². The van der Waals surface area contributed by atoms with Crippen LogP contribution in [-0.4, -0.2) is 6.71 Å². The van der Waals surface area contributed by atoms with Crippen molar-refractivity contribution in [2.24, 2.45) is 0 Å². The molecular formula is C22H19B. The van der Waals surface area contributed by atoms with Crippen molar-refractivity contribution < 1.29 is 0 Å². The van der Waals surface area contributed by atoms with Crippen molar-refractivity contribution in [2.45, 2.75) is 25.7 Å². The lowest BCUT2D eigenvalue weighted by Crippen LogP contribution is -2.54. The molecule has 2 aliphatic heterocycles. The SMILES string of the molecule is c1ccc2c(c1)CCc1cccc3c1B2c1ccccc1CC3. The molecule has 0 N–H and O–H groups in total. The monoisotopic (exact) mass is 294 g/mol. The van der Waals surface area contributed by atoms with Gasteiger partial charge in [-0.1, -0.05) is 105 Å². The quantitative estimate of drug-likeness (QED) is 0.559. The van der Waals surface area contributed by atoms with E-state index in [1.165, 1.54) is 34.9 Å². The van der Waals surface area contributed by atoms with E-state index in [-0.39, 0.29) is 0 Å². The highest BCUT2D eigenvalue weighted by Crippen LogP contribution is 2.19. The number of rotatable bonds is 0. The molecule has 0 aliphatic carbocycles. The normalized spacial score (nSPS) is 15.0. The molecule has 0 saturated carbocycles. The minimum atomic E-state index is 0.415. The number of fused-ring (bicyclic) bond motifs is 4. The highest BCUT2D eigenvalue weighted by molar-refractivity contribution is 6.96. The van der Waals surface area contributed by atoms with Crippen LogP contribution in [0.15, 0.2) is 66.7 Å². The van der Waals surface area contributed by atoms with Crippen molar-refractivity contribution in [3.05, 3.63) is 89.0 Å². The fourth-order valence-electron chi connectivity index (χ4n) is 4.58. The highest BCUT2D eigenvalue weighted by Gasteiger charge is 2.33. The van der Waals surface area contributed by atoms with Gasteiger partial charge in [-0.05, 0) is 25.7 Å². The maximum absolute atomic E-state index is 2.36. The van der Waals surface area contributed by atoms with E-state index in [9.17, 15) is 0 Å². The zero-order valence-corrected chi connectivity index (χ0v) is 13.3. The van der Waals surface area contributed by atoms with E-state index >= 15 is 0 Å². The lowest BCUT2D eigenvalue weighted by atomic mass is 9.35. The van der Waals surface area contributed by atoms with Crippen LogP contribution in [-0.2, 0) is 25.7 Å². The summed E-state index contributed by atoms with van der Waals surface area (Å²) in [6.07, 6.45) is 4.65. The van der Waals surface area contributed by atoms with Crippen LogP contribution in [0.4, 0.5) is 0 Å². The fourth-order valence-corrected chi connectivity index (χ4v) is 4.58. The van der Waals surface area contributed by atoms with Crippen LogP contribution in [0.1, 0.15) is 22.3 Å². The van der Waals surface area contributed by atoms with Gasteiger partial charge in [-0.3, -0.25) is 0 Å². The lowest BCUT2D eigenvalue weighted by molar-refractivity contribution is 0.953. The highest BCUT2D eigenvalue weighted by atomic mass is 14.2. The van der Waals surface area contributed by atoms with Crippen LogP contribution in [0.5, 0.6) is 0 Å². The Morgan fingerprint density at radius 3 is 1.48 bits per heavy atom. The summed E-state index contributed by atoms with van der Waals surface area (Å²) >= 11 is 0. The Kier molecular flexibility index (Phi) is 2.94. The van der Waals surface area contributed by atoms with E-state index in [0.717, 1.165) is 12.8 Å². The molecule has 0 spiro atoms. The Morgan fingerprint density at radius 1 is 0.478 bits per heavy atom. The Hall–Kier alpha value is -2.28. The summed E-state index contributed by atoms with van der Waals surface area (Å²) in [6.45, 7) is 0.415. The molecule has 0 bridgehead atoms. The molecule has 3 aromatic rings. The predicted molar refractivity (Wildman–Crippen MR) is 98.8 cm³/mol. The van der Waals surface area contributed by atoms with Gasteiger partial charge in [0.2, 0.25) is 6.71 Å². The van der Waals surface area contributed by atoms with E-state index in [0.29, 0.717) is 6.71 Å².